The lowest BCUT2D eigenvalue weighted by atomic mass is 10.1. The molecular formula is C14H10F4N2O. The first-order chi connectivity index (χ1) is 9.93. The highest BCUT2D eigenvalue weighted by Crippen LogP contribution is 2.22. The van der Waals surface area contributed by atoms with E-state index in [4.69, 9.17) is 0 Å². The van der Waals surface area contributed by atoms with Crippen LogP contribution in [0.5, 0.6) is 0 Å². The molecule has 2 rings (SSSR count). The van der Waals surface area contributed by atoms with Crippen molar-refractivity contribution in [3.63, 3.8) is 0 Å². The lowest BCUT2D eigenvalue weighted by Crippen LogP contribution is -2.15. The van der Waals surface area contributed by atoms with Gasteiger partial charge in [-0.2, -0.15) is 0 Å². The molecule has 0 fully saturated rings. The smallest absolute Gasteiger partial charge is 0.257 e. The molecule has 2 aromatic rings. The van der Waals surface area contributed by atoms with Crippen molar-refractivity contribution in [1.82, 2.24) is 0 Å². The van der Waals surface area contributed by atoms with Crippen molar-refractivity contribution in [3.05, 3.63) is 59.2 Å². The standard InChI is InChI=1S/C14H10F4N2O/c1-19-13-8(3-2-4-9(13)15)14(21)20-7-5-10(16)12(18)11(17)6-7/h2-6,19H,1H3,(H,20,21). The van der Waals surface area contributed by atoms with Crippen LogP contribution in [0.4, 0.5) is 28.9 Å². The molecule has 0 unspecified atom stereocenters. The van der Waals surface area contributed by atoms with Crippen LogP contribution < -0.4 is 10.6 Å². The summed E-state index contributed by atoms with van der Waals surface area (Å²) in [6.07, 6.45) is 0. The van der Waals surface area contributed by atoms with Gasteiger partial charge in [0.15, 0.2) is 17.5 Å². The maximum atomic E-state index is 13.5. The van der Waals surface area contributed by atoms with Gasteiger partial charge in [0.1, 0.15) is 5.82 Å². The Morgan fingerprint density at radius 3 is 2.19 bits per heavy atom. The molecule has 3 nitrogen and oxygen atoms in total. The summed E-state index contributed by atoms with van der Waals surface area (Å²) < 4.78 is 52.5. The van der Waals surface area contributed by atoms with Gasteiger partial charge in [0, 0.05) is 24.9 Å². The molecule has 0 bridgehead atoms. The van der Waals surface area contributed by atoms with E-state index < -0.39 is 29.2 Å². The van der Waals surface area contributed by atoms with Gasteiger partial charge in [0.25, 0.3) is 5.91 Å². The van der Waals surface area contributed by atoms with Crippen LogP contribution in [0.25, 0.3) is 0 Å². The third-order valence-electron chi connectivity index (χ3n) is 2.75. The van der Waals surface area contributed by atoms with Crippen molar-refractivity contribution >= 4 is 17.3 Å². The molecule has 0 spiro atoms. The molecule has 0 saturated carbocycles. The number of rotatable bonds is 3. The Balaban J connectivity index is 2.33. The molecule has 0 aliphatic heterocycles. The number of carbonyl (C=O) groups is 1. The predicted molar refractivity (Wildman–Crippen MR) is 70.2 cm³/mol. The van der Waals surface area contributed by atoms with E-state index in [1.165, 1.54) is 19.2 Å². The van der Waals surface area contributed by atoms with Gasteiger partial charge in [-0.1, -0.05) is 6.07 Å². The summed E-state index contributed by atoms with van der Waals surface area (Å²) in [5.74, 6) is -5.93. The van der Waals surface area contributed by atoms with Gasteiger partial charge in [-0.3, -0.25) is 4.79 Å². The summed E-state index contributed by atoms with van der Waals surface area (Å²) in [4.78, 5) is 12.0. The molecule has 0 aromatic heterocycles. The Bertz CT molecular complexity index is 680. The third kappa shape index (κ3) is 2.96. The first kappa shape index (κ1) is 14.8. The molecule has 0 aliphatic carbocycles. The van der Waals surface area contributed by atoms with Crippen LogP contribution in [-0.2, 0) is 0 Å². The van der Waals surface area contributed by atoms with E-state index >= 15 is 0 Å². The first-order valence-corrected chi connectivity index (χ1v) is 5.86. The van der Waals surface area contributed by atoms with Gasteiger partial charge in [-0.25, -0.2) is 17.6 Å². The van der Waals surface area contributed by atoms with Crippen molar-refractivity contribution in [2.45, 2.75) is 0 Å². The Hall–Kier alpha value is -2.57. The second-order valence-electron chi connectivity index (χ2n) is 4.12. The van der Waals surface area contributed by atoms with Crippen LogP contribution >= 0.6 is 0 Å². The molecule has 0 atom stereocenters. The van der Waals surface area contributed by atoms with Crippen LogP contribution in [0.15, 0.2) is 30.3 Å². The molecule has 21 heavy (non-hydrogen) atoms. The molecule has 0 radical (unpaired) electrons. The summed E-state index contributed by atoms with van der Waals surface area (Å²) in [6.45, 7) is 0. The molecule has 2 N–H and O–H groups in total. The summed E-state index contributed by atoms with van der Waals surface area (Å²) in [6, 6.07) is 5.07. The normalized spacial score (nSPS) is 10.3. The average molecular weight is 298 g/mol. The Kier molecular flexibility index (Phi) is 4.11. The second kappa shape index (κ2) is 5.82. The zero-order valence-corrected chi connectivity index (χ0v) is 10.8. The van der Waals surface area contributed by atoms with Crippen LogP contribution in [0.2, 0.25) is 0 Å². The summed E-state index contributed by atoms with van der Waals surface area (Å²) >= 11 is 0. The highest BCUT2D eigenvalue weighted by atomic mass is 19.2. The second-order valence-corrected chi connectivity index (χ2v) is 4.12. The summed E-state index contributed by atoms with van der Waals surface area (Å²) in [5.41, 5.74) is -0.386. The maximum absolute atomic E-state index is 13.5. The molecule has 0 saturated heterocycles. The van der Waals surface area contributed by atoms with Crippen molar-refractivity contribution in [2.24, 2.45) is 0 Å². The Labute approximate surface area is 117 Å². The van der Waals surface area contributed by atoms with Gasteiger partial charge in [-0.15, -0.1) is 0 Å². The highest BCUT2D eigenvalue weighted by Gasteiger charge is 2.16. The Morgan fingerprint density at radius 1 is 1.00 bits per heavy atom. The van der Waals surface area contributed by atoms with E-state index in [-0.39, 0.29) is 16.9 Å². The van der Waals surface area contributed by atoms with E-state index in [1.54, 1.807) is 0 Å². The van der Waals surface area contributed by atoms with Crippen LogP contribution in [0.1, 0.15) is 10.4 Å². The van der Waals surface area contributed by atoms with E-state index in [1.807, 2.05) is 0 Å². The average Bonchev–Trinajstić information content (AvgIpc) is 2.44. The summed E-state index contributed by atoms with van der Waals surface area (Å²) in [5, 5.41) is 4.70. The zero-order chi connectivity index (χ0) is 15.6. The molecular weight excluding hydrogens is 288 g/mol. The first-order valence-electron chi connectivity index (χ1n) is 5.86. The fraction of sp³-hybridized carbons (Fsp3) is 0.0714. The number of hydrogen-bond donors (Lipinski definition) is 2. The number of halogens is 4. The minimum atomic E-state index is -1.63. The van der Waals surface area contributed by atoms with E-state index in [0.29, 0.717) is 12.1 Å². The van der Waals surface area contributed by atoms with Crippen LogP contribution in [0, 0.1) is 23.3 Å². The van der Waals surface area contributed by atoms with Crippen molar-refractivity contribution < 1.29 is 22.4 Å². The molecule has 0 aliphatic rings. The number of amides is 1. The highest BCUT2D eigenvalue weighted by molar-refractivity contribution is 6.08. The van der Waals surface area contributed by atoms with Crippen molar-refractivity contribution in [3.8, 4) is 0 Å². The minimum absolute atomic E-state index is 0.0531. The third-order valence-corrected chi connectivity index (χ3v) is 2.75. The molecule has 1 amide bonds. The number of nitrogens with one attached hydrogen (secondary N) is 2. The molecule has 7 heteroatoms. The quantitative estimate of drug-likeness (QED) is 0.672. The number of carbonyl (C=O) groups excluding carboxylic acids is 1. The van der Waals surface area contributed by atoms with Gasteiger partial charge >= 0.3 is 0 Å². The lowest BCUT2D eigenvalue weighted by molar-refractivity contribution is 0.102. The van der Waals surface area contributed by atoms with Crippen molar-refractivity contribution in [2.75, 3.05) is 17.7 Å². The van der Waals surface area contributed by atoms with Gasteiger partial charge in [0.2, 0.25) is 0 Å². The number of hydrogen-bond acceptors (Lipinski definition) is 2. The summed E-state index contributed by atoms with van der Waals surface area (Å²) in [7, 11) is 1.42. The van der Waals surface area contributed by atoms with Gasteiger partial charge in [0.05, 0.1) is 11.3 Å². The fourth-order valence-electron chi connectivity index (χ4n) is 1.79. The van der Waals surface area contributed by atoms with Crippen molar-refractivity contribution in [1.29, 1.82) is 0 Å². The van der Waals surface area contributed by atoms with Crippen LogP contribution in [-0.4, -0.2) is 13.0 Å². The monoisotopic (exact) mass is 298 g/mol. The van der Waals surface area contributed by atoms with E-state index in [0.717, 1.165) is 6.07 Å². The number of para-hydroxylation sites is 1. The fourth-order valence-corrected chi connectivity index (χ4v) is 1.79. The van der Waals surface area contributed by atoms with E-state index in [2.05, 4.69) is 10.6 Å². The zero-order valence-electron chi connectivity index (χ0n) is 10.8. The molecule has 110 valence electrons. The molecule has 0 heterocycles. The van der Waals surface area contributed by atoms with Gasteiger partial charge < -0.3 is 10.6 Å². The Morgan fingerprint density at radius 2 is 1.62 bits per heavy atom. The SMILES string of the molecule is CNc1c(F)cccc1C(=O)Nc1cc(F)c(F)c(F)c1. The number of anilines is 2. The maximum Gasteiger partial charge on any atom is 0.257 e. The molecule has 2 aromatic carbocycles. The lowest BCUT2D eigenvalue weighted by Gasteiger charge is -2.11. The predicted octanol–water partition coefficient (Wildman–Crippen LogP) is 3.54. The van der Waals surface area contributed by atoms with E-state index in [9.17, 15) is 22.4 Å². The van der Waals surface area contributed by atoms with Gasteiger partial charge in [-0.05, 0) is 12.1 Å². The minimum Gasteiger partial charge on any atom is -0.385 e. The largest absolute Gasteiger partial charge is 0.385 e. The van der Waals surface area contributed by atoms with Crippen LogP contribution in [0.3, 0.4) is 0 Å². The number of benzene rings is 2. The topological polar surface area (TPSA) is 41.1 Å².